The fraction of sp³-hybridized carbons (Fsp3) is 0.154. The van der Waals surface area contributed by atoms with Gasteiger partial charge in [0.15, 0.2) is 0 Å². The Morgan fingerprint density at radius 1 is 0.938 bits per heavy atom. The van der Waals surface area contributed by atoms with Crippen LogP contribution in [0.3, 0.4) is 0 Å². The summed E-state index contributed by atoms with van der Waals surface area (Å²) in [4.78, 5) is 26.8. The van der Waals surface area contributed by atoms with E-state index in [1.54, 1.807) is 36.2 Å². The first kappa shape index (κ1) is 22.6. The number of nitrogens with zero attached hydrogens (tertiary/aromatic N) is 1. The molecule has 0 bridgehead atoms. The Kier molecular flexibility index (Phi) is 7.65. The molecule has 2 amide bonds. The molecule has 0 saturated heterocycles. The quantitative estimate of drug-likeness (QED) is 0.471. The normalized spacial score (nSPS) is 10.2. The molecule has 0 saturated carbocycles. The number of carbonyl (C=O) groups excluding carboxylic acids is 2. The van der Waals surface area contributed by atoms with Crippen LogP contribution in [0.5, 0.6) is 5.75 Å². The van der Waals surface area contributed by atoms with E-state index in [-0.39, 0.29) is 18.4 Å². The standard InChI is InChI=1S/C26H27N3O3/c1-19(2)18-32-24-14-8-10-21(16-24)27-17-25(30)28-22-11-7-9-20(15-22)26(31)29(3)23-12-5-4-6-13-23/h4-16,27H,1,17-18H2,2-3H3,(H,28,30). The summed E-state index contributed by atoms with van der Waals surface area (Å²) in [5.41, 5.74) is 3.55. The lowest BCUT2D eigenvalue weighted by molar-refractivity contribution is -0.114. The van der Waals surface area contributed by atoms with E-state index in [4.69, 9.17) is 4.74 Å². The van der Waals surface area contributed by atoms with Crippen LogP contribution < -0.4 is 20.3 Å². The summed E-state index contributed by atoms with van der Waals surface area (Å²) >= 11 is 0. The highest BCUT2D eigenvalue weighted by Gasteiger charge is 2.14. The van der Waals surface area contributed by atoms with Gasteiger partial charge < -0.3 is 20.3 Å². The molecular weight excluding hydrogens is 402 g/mol. The summed E-state index contributed by atoms with van der Waals surface area (Å²) in [5, 5.41) is 5.91. The molecule has 0 aromatic heterocycles. The van der Waals surface area contributed by atoms with Gasteiger partial charge in [0.25, 0.3) is 5.91 Å². The Hall–Kier alpha value is -4.06. The van der Waals surface area contributed by atoms with E-state index in [0.717, 1.165) is 16.9 Å². The molecule has 0 aliphatic heterocycles. The van der Waals surface area contributed by atoms with Gasteiger partial charge in [-0.3, -0.25) is 9.59 Å². The number of hydrogen-bond acceptors (Lipinski definition) is 4. The number of carbonyl (C=O) groups is 2. The number of ether oxygens (including phenoxy) is 1. The van der Waals surface area contributed by atoms with Gasteiger partial charge in [0.2, 0.25) is 5.91 Å². The number of benzene rings is 3. The van der Waals surface area contributed by atoms with Crippen molar-refractivity contribution in [1.82, 2.24) is 0 Å². The first-order valence-corrected chi connectivity index (χ1v) is 10.3. The van der Waals surface area contributed by atoms with Crippen molar-refractivity contribution >= 4 is 28.9 Å². The van der Waals surface area contributed by atoms with Gasteiger partial charge in [-0.05, 0) is 55.0 Å². The summed E-state index contributed by atoms with van der Waals surface area (Å²) in [6, 6.07) is 23.7. The topological polar surface area (TPSA) is 70.7 Å². The molecule has 0 atom stereocenters. The van der Waals surface area contributed by atoms with Gasteiger partial charge >= 0.3 is 0 Å². The fourth-order valence-corrected chi connectivity index (χ4v) is 2.98. The van der Waals surface area contributed by atoms with E-state index in [0.29, 0.717) is 23.6 Å². The average Bonchev–Trinajstić information content (AvgIpc) is 2.81. The Morgan fingerprint density at radius 2 is 1.66 bits per heavy atom. The maximum Gasteiger partial charge on any atom is 0.258 e. The minimum absolute atomic E-state index is 0.0754. The average molecular weight is 430 g/mol. The van der Waals surface area contributed by atoms with E-state index < -0.39 is 0 Å². The van der Waals surface area contributed by atoms with Crippen molar-refractivity contribution in [2.75, 3.05) is 35.7 Å². The van der Waals surface area contributed by atoms with Gasteiger partial charge in [-0.1, -0.05) is 36.9 Å². The fourth-order valence-electron chi connectivity index (χ4n) is 2.98. The second-order valence-corrected chi connectivity index (χ2v) is 7.46. The summed E-state index contributed by atoms with van der Waals surface area (Å²) in [7, 11) is 1.72. The zero-order valence-corrected chi connectivity index (χ0v) is 18.3. The highest BCUT2D eigenvalue weighted by molar-refractivity contribution is 6.06. The lowest BCUT2D eigenvalue weighted by Gasteiger charge is -2.17. The van der Waals surface area contributed by atoms with E-state index >= 15 is 0 Å². The Morgan fingerprint density at radius 3 is 2.41 bits per heavy atom. The van der Waals surface area contributed by atoms with Crippen molar-refractivity contribution in [2.45, 2.75) is 6.92 Å². The number of anilines is 3. The largest absolute Gasteiger partial charge is 0.489 e. The molecule has 3 aromatic carbocycles. The molecule has 0 heterocycles. The van der Waals surface area contributed by atoms with Gasteiger partial charge in [-0.15, -0.1) is 0 Å². The maximum absolute atomic E-state index is 12.8. The smallest absolute Gasteiger partial charge is 0.258 e. The highest BCUT2D eigenvalue weighted by Crippen LogP contribution is 2.19. The van der Waals surface area contributed by atoms with E-state index in [1.807, 2.05) is 61.5 Å². The molecule has 0 spiro atoms. The van der Waals surface area contributed by atoms with Crippen molar-refractivity contribution in [3.05, 3.63) is 96.6 Å². The number of nitrogens with one attached hydrogen (secondary N) is 2. The number of rotatable bonds is 9. The molecule has 3 aromatic rings. The van der Waals surface area contributed by atoms with Gasteiger partial charge in [0.05, 0.1) is 6.54 Å². The predicted molar refractivity (Wildman–Crippen MR) is 129 cm³/mol. The summed E-state index contributed by atoms with van der Waals surface area (Å²) < 4.78 is 5.62. The van der Waals surface area contributed by atoms with Crippen LogP contribution in [0.15, 0.2) is 91.0 Å². The molecule has 0 unspecified atom stereocenters. The predicted octanol–water partition coefficient (Wildman–Crippen LogP) is 4.97. The van der Waals surface area contributed by atoms with Crippen LogP contribution in [0.1, 0.15) is 17.3 Å². The lowest BCUT2D eigenvalue weighted by Crippen LogP contribution is -2.26. The summed E-state index contributed by atoms with van der Waals surface area (Å²) in [6.45, 7) is 6.23. The van der Waals surface area contributed by atoms with Crippen LogP contribution >= 0.6 is 0 Å². The number of hydrogen-bond donors (Lipinski definition) is 2. The van der Waals surface area contributed by atoms with Crippen LogP contribution in [0.2, 0.25) is 0 Å². The second-order valence-electron chi connectivity index (χ2n) is 7.46. The first-order valence-electron chi connectivity index (χ1n) is 10.3. The van der Waals surface area contributed by atoms with Crippen LogP contribution in [0, 0.1) is 0 Å². The van der Waals surface area contributed by atoms with Crippen LogP contribution in [0.25, 0.3) is 0 Å². The number of amides is 2. The Balaban J connectivity index is 1.57. The third kappa shape index (κ3) is 6.47. The molecular formula is C26H27N3O3. The molecule has 6 heteroatoms. The van der Waals surface area contributed by atoms with Crippen molar-refractivity contribution in [3.8, 4) is 5.75 Å². The van der Waals surface area contributed by atoms with Crippen molar-refractivity contribution < 1.29 is 14.3 Å². The molecule has 6 nitrogen and oxygen atoms in total. The van der Waals surface area contributed by atoms with Gasteiger partial charge in [0.1, 0.15) is 12.4 Å². The summed E-state index contributed by atoms with van der Waals surface area (Å²) in [5.74, 6) is 0.323. The lowest BCUT2D eigenvalue weighted by atomic mass is 10.1. The highest BCUT2D eigenvalue weighted by atomic mass is 16.5. The Labute approximate surface area is 188 Å². The number of para-hydroxylation sites is 1. The second kappa shape index (κ2) is 10.8. The van der Waals surface area contributed by atoms with Crippen molar-refractivity contribution in [2.24, 2.45) is 0 Å². The van der Waals surface area contributed by atoms with Crippen molar-refractivity contribution in [1.29, 1.82) is 0 Å². The summed E-state index contributed by atoms with van der Waals surface area (Å²) in [6.07, 6.45) is 0. The zero-order valence-electron chi connectivity index (χ0n) is 18.3. The maximum atomic E-state index is 12.8. The first-order chi connectivity index (χ1) is 15.4. The van der Waals surface area contributed by atoms with E-state index in [9.17, 15) is 9.59 Å². The minimum atomic E-state index is -0.223. The van der Waals surface area contributed by atoms with E-state index in [1.165, 1.54) is 0 Å². The molecule has 2 N–H and O–H groups in total. The van der Waals surface area contributed by atoms with Gasteiger partial charge in [-0.2, -0.15) is 0 Å². The third-order valence-corrected chi connectivity index (χ3v) is 4.61. The van der Waals surface area contributed by atoms with E-state index in [2.05, 4.69) is 17.2 Å². The van der Waals surface area contributed by atoms with Crippen LogP contribution in [-0.2, 0) is 4.79 Å². The molecule has 0 fully saturated rings. The monoisotopic (exact) mass is 429 g/mol. The van der Waals surface area contributed by atoms with Crippen LogP contribution in [-0.4, -0.2) is 32.0 Å². The molecule has 3 rings (SSSR count). The third-order valence-electron chi connectivity index (χ3n) is 4.61. The molecule has 0 aliphatic rings. The van der Waals surface area contributed by atoms with Crippen LogP contribution in [0.4, 0.5) is 17.1 Å². The van der Waals surface area contributed by atoms with Crippen molar-refractivity contribution in [3.63, 3.8) is 0 Å². The molecule has 0 radical (unpaired) electrons. The molecule has 0 aliphatic carbocycles. The van der Waals surface area contributed by atoms with Gasteiger partial charge in [0, 0.05) is 35.7 Å². The van der Waals surface area contributed by atoms with Gasteiger partial charge in [-0.25, -0.2) is 0 Å². The minimum Gasteiger partial charge on any atom is -0.489 e. The molecule has 32 heavy (non-hydrogen) atoms. The molecule has 164 valence electrons. The SMILES string of the molecule is C=C(C)COc1cccc(NCC(=O)Nc2cccc(C(=O)N(C)c3ccccc3)c2)c1. The Bertz CT molecular complexity index is 1100. The zero-order chi connectivity index (χ0) is 22.9.